The average Bonchev–Trinajstić information content (AvgIpc) is 2.52. The predicted molar refractivity (Wildman–Crippen MR) is 98.5 cm³/mol. The van der Waals surface area contributed by atoms with Gasteiger partial charge in [-0.3, -0.25) is 9.78 Å². The number of nitrogens with zero attached hydrogens (tertiary/aromatic N) is 1. The summed E-state index contributed by atoms with van der Waals surface area (Å²) < 4.78 is 0. The molecule has 1 aromatic carbocycles. The number of carbonyl (C=O) groups is 2. The van der Waals surface area contributed by atoms with Crippen LogP contribution in [0.2, 0.25) is 0 Å². The van der Waals surface area contributed by atoms with Crippen LogP contribution >= 0.6 is 0 Å². The van der Waals surface area contributed by atoms with Gasteiger partial charge in [0.1, 0.15) is 0 Å². The van der Waals surface area contributed by atoms with E-state index in [0.29, 0.717) is 25.2 Å². The van der Waals surface area contributed by atoms with Crippen LogP contribution < -0.4 is 16.0 Å². The Labute approximate surface area is 147 Å². The number of benzene rings is 1. The molecule has 132 valence electrons. The number of rotatable bonds is 6. The molecule has 3 N–H and O–H groups in total. The van der Waals surface area contributed by atoms with Gasteiger partial charge < -0.3 is 16.0 Å². The smallest absolute Gasteiger partial charge is 0.319 e. The van der Waals surface area contributed by atoms with Gasteiger partial charge in [0.25, 0.3) is 0 Å². The topological polar surface area (TPSA) is 83.1 Å². The number of carbonyl (C=O) groups excluding carboxylic acids is 2. The summed E-state index contributed by atoms with van der Waals surface area (Å²) in [6, 6.07) is 7.54. The Bertz CT molecular complexity index is 771. The zero-order valence-corrected chi connectivity index (χ0v) is 14.5. The molecule has 0 spiro atoms. The lowest BCUT2D eigenvalue weighted by Crippen LogP contribution is -2.36. The molecule has 2 aromatic rings. The number of aromatic nitrogens is 1. The van der Waals surface area contributed by atoms with Crippen molar-refractivity contribution >= 4 is 28.5 Å². The summed E-state index contributed by atoms with van der Waals surface area (Å²) in [7, 11) is 0. The molecule has 1 aliphatic rings. The summed E-state index contributed by atoms with van der Waals surface area (Å²) in [6.45, 7) is 3.08. The van der Waals surface area contributed by atoms with Crippen LogP contribution in [0.3, 0.4) is 0 Å². The van der Waals surface area contributed by atoms with E-state index in [1.165, 1.54) is 0 Å². The fraction of sp³-hybridized carbons (Fsp3) is 0.421. The molecule has 1 fully saturated rings. The van der Waals surface area contributed by atoms with Crippen LogP contribution in [-0.2, 0) is 4.79 Å². The second-order valence-corrected chi connectivity index (χ2v) is 6.54. The molecule has 0 atom stereocenters. The van der Waals surface area contributed by atoms with Crippen molar-refractivity contribution in [3.8, 4) is 0 Å². The third kappa shape index (κ3) is 4.47. The van der Waals surface area contributed by atoms with Gasteiger partial charge in [-0.1, -0.05) is 12.5 Å². The molecule has 6 nitrogen and oxygen atoms in total. The summed E-state index contributed by atoms with van der Waals surface area (Å²) in [5.74, 6) is 0.353. The summed E-state index contributed by atoms with van der Waals surface area (Å²) in [6.07, 6.45) is 5.59. The van der Waals surface area contributed by atoms with Gasteiger partial charge in [0.2, 0.25) is 5.91 Å². The lowest BCUT2D eigenvalue weighted by Gasteiger charge is -2.24. The number of aryl methyl sites for hydroxylation is 1. The molecular weight excluding hydrogens is 316 g/mol. The Morgan fingerprint density at radius 3 is 2.76 bits per heavy atom. The molecule has 3 amide bonds. The van der Waals surface area contributed by atoms with Gasteiger partial charge >= 0.3 is 6.03 Å². The molecule has 1 aromatic heterocycles. The van der Waals surface area contributed by atoms with E-state index in [1.54, 1.807) is 6.20 Å². The monoisotopic (exact) mass is 340 g/mol. The molecule has 1 aliphatic carbocycles. The van der Waals surface area contributed by atoms with Crippen LogP contribution in [0.1, 0.15) is 31.2 Å². The molecule has 1 saturated carbocycles. The van der Waals surface area contributed by atoms with E-state index < -0.39 is 0 Å². The number of anilines is 1. The highest BCUT2D eigenvalue weighted by atomic mass is 16.2. The predicted octanol–water partition coefficient (Wildman–Crippen LogP) is 2.97. The van der Waals surface area contributed by atoms with Crippen LogP contribution in [0, 0.1) is 12.8 Å². The standard InChI is InChI=1S/C19H24N4O2/c1-13-11-15-7-3-8-20-17(15)16(12-13)23-19(25)22-10-4-9-21-18(24)14-5-2-6-14/h3,7-8,11-12,14H,2,4-6,9-10H2,1H3,(H,21,24)(H2,22,23,25). The van der Waals surface area contributed by atoms with Crippen LogP contribution in [0.15, 0.2) is 30.5 Å². The molecule has 0 saturated heterocycles. The van der Waals surface area contributed by atoms with E-state index in [2.05, 4.69) is 20.9 Å². The van der Waals surface area contributed by atoms with Crippen molar-refractivity contribution in [2.24, 2.45) is 5.92 Å². The van der Waals surface area contributed by atoms with E-state index in [0.717, 1.165) is 35.7 Å². The Balaban J connectivity index is 1.44. The molecule has 0 bridgehead atoms. The molecule has 0 unspecified atom stereocenters. The summed E-state index contributed by atoms with van der Waals surface area (Å²) in [5, 5.41) is 9.59. The lowest BCUT2D eigenvalue weighted by molar-refractivity contribution is -0.127. The summed E-state index contributed by atoms with van der Waals surface area (Å²) in [5.41, 5.74) is 2.54. The van der Waals surface area contributed by atoms with E-state index in [-0.39, 0.29) is 17.9 Å². The van der Waals surface area contributed by atoms with Gasteiger partial charge in [0, 0.05) is 30.6 Å². The SMILES string of the molecule is Cc1cc(NC(=O)NCCCNC(=O)C2CCC2)c2ncccc2c1. The minimum atomic E-state index is -0.261. The normalized spacial score (nSPS) is 14.0. The van der Waals surface area contributed by atoms with Crippen molar-refractivity contribution in [2.45, 2.75) is 32.6 Å². The van der Waals surface area contributed by atoms with E-state index >= 15 is 0 Å². The number of pyridine rings is 1. The van der Waals surface area contributed by atoms with Gasteiger partial charge in [-0.15, -0.1) is 0 Å². The Kier molecular flexibility index (Phi) is 5.48. The fourth-order valence-electron chi connectivity index (χ4n) is 2.92. The zero-order valence-electron chi connectivity index (χ0n) is 14.5. The van der Waals surface area contributed by atoms with E-state index in [9.17, 15) is 9.59 Å². The van der Waals surface area contributed by atoms with Crippen molar-refractivity contribution in [2.75, 3.05) is 18.4 Å². The maximum Gasteiger partial charge on any atom is 0.319 e. The second-order valence-electron chi connectivity index (χ2n) is 6.54. The fourth-order valence-corrected chi connectivity index (χ4v) is 2.92. The Hall–Kier alpha value is -2.63. The van der Waals surface area contributed by atoms with Gasteiger partial charge in [-0.05, 0) is 49.9 Å². The third-order valence-electron chi connectivity index (χ3n) is 4.51. The number of hydrogen-bond acceptors (Lipinski definition) is 3. The van der Waals surface area contributed by atoms with Crippen molar-refractivity contribution < 1.29 is 9.59 Å². The first-order valence-electron chi connectivity index (χ1n) is 8.81. The highest BCUT2D eigenvalue weighted by Gasteiger charge is 2.24. The number of hydrogen-bond donors (Lipinski definition) is 3. The van der Waals surface area contributed by atoms with Crippen LogP contribution in [0.25, 0.3) is 10.9 Å². The highest BCUT2D eigenvalue weighted by Crippen LogP contribution is 2.26. The van der Waals surface area contributed by atoms with Crippen molar-refractivity contribution in [1.29, 1.82) is 0 Å². The molecule has 3 rings (SSSR count). The molecule has 1 heterocycles. The summed E-state index contributed by atoms with van der Waals surface area (Å²) in [4.78, 5) is 28.1. The van der Waals surface area contributed by atoms with Gasteiger partial charge in [0.15, 0.2) is 0 Å². The average molecular weight is 340 g/mol. The molecule has 25 heavy (non-hydrogen) atoms. The van der Waals surface area contributed by atoms with Crippen LogP contribution in [0.4, 0.5) is 10.5 Å². The van der Waals surface area contributed by atoms with E-state index in [4.69, 9.17) is 0 Å². The van der Waals surface area contributed by atoms with Crippen molar-refractivity contribution in [3.05, 3.63) is 36.0 Å². The van der Waals surface area contributed by atoms with Crippen LogP contribution in [0.5, 0.6) is 0 Å². The molecular formula is C19H24N4O2. The second kappa shape index (κ2) is 7.96. The third-order valence-corrected chi connectivity index (χ3v) is 4.51. The Morgan fingerprint density at radius 2 is 2.00 bits per heavy atom. The highest BCUT2D eigenvalue weighted by molar-refractivity contribution is 5.99. The largest absolute Gasteiger partial charge is 0.356 e. The number of fused-ring (bicyclic) bond motifs is 1. The van der Waals surface area contributed by atoms with Crippen molar-refractivity contribution in [3.63, 3.8) is 0 Å². The Morgan fingerprint density at radius 1 is 1.20 bits per heavy atom. The van der Waals surface area contributed by atoms with Gasteiger partial charge in [-0.2, -0.15) is 0 Å². The lowest BCUT2D eigenvalue weighted by atomic mass is 9.85. The van der Waals surface area contributed by atoms with Gasteiger partial charge in [-0.25, -0.2) is 4.79 Å². The first-order chi connectivity index (χ1) is 12.1. The first-order valence-corrected chi connectivity index (χ1v) is 8.81. The molecule has 6 heteroatoms. The maximum atomic E-state index is 12.1. The van der Waals surface area contributed by atoms with Gasteiger partial charge in [0.05, 0.1) is 11.2 Å². The number of urea groups is 1. The summed E-state index contributed by atoms with van der Waals surface area (Å²) >= 11 is 0. The number of nitrogens with one attached hydrogen (secondary N) is 3. The minimum absolute atomic E-state index is 0.146. The first kappa shape index (κ1) is 17.2. The number of amides is 3. The maximum absolute atomic E-state index is 12.1. The molecule has 0 radical (unpaired) electrons. The quantitative estimate of drug-likeness (QED) is 0.707. The minimum Gasteiger partial charge on any atom is -0.356 e. The van der Waals surface area contributed by atoms with Crippen LogP contribution in [-0.4, -0.2) is 30.0 Å². The van der Waals surface area contributed by atoms with Crippen molar-refractivity contribution in [1.82, 2.24) is 15.6 Å². The van der Waals surface area contributed by atoms with E-state index in [1.807, 2.05) is 31.2 Å². The zero-order chi connectivity index (χ0) is 17.6. The molecule has 0 aliphatic heterocycles.